The van der Waals surface area contributed by atoms with E-state index in [9.17, 15) is 0 Å². The fourth-order valence-corrected chi connectivity index (χ4v) is 1.26. The Morgan fingerprint density at radius 2 is 2.29 bits per heavy atom. The van der Waals surface area contributed by atoms with Gasteiger partial charge in [-0.25, -0.2) is 9.97 Å². The summed E-state index contributed by atoms with van der Waals surface area (Å²) < 4.78 is 2.00. The van der Waals surface area contributed by atoms with Crippen molar-refractivity contribution in [3.05, 3.63) is 36.4 Å². The summed E-state index contributed by atoms with van der Waals surface area (Å²) in [5.74, 6) is 0. The molecule has 2 aromatic heterocycles. The summed E-state index contributed by atoms with van der Waals surface area (Å²) in [4.78, 5) is 11.0. The topological polar surface area (TPSA) is 58.5 Å². The summed E-state index contributed by atoms with van der Waals surface area (Å²) in [6, 6.07) is 0. The van der Waals surface area contributed by atoms with Gasteiger partial charge < -0.3 is 14.9 Å². The summed E-state index contributed by atoms with van der Waals surface area (Å²) in [6.45, 7) is 1.61. The normalized spacial score (nSPS) is 10.6. The van der Waals surface area contributed by atoms with Crippen LogP contribution in [0.25, 0.3) is 0 Å². The molecule has 0 aromatic carbocycles. The molecule has 74 valence electrons. The minimum Gasteiger partial charge on any atom is -0.347 e. The molecule has 2 heterocycles. The minimum atomic E-state index is 0.797. The molecule has 0 fully saturated rings. The van der Waals surface area contributed by atoms with E-state index in [-0.39, 0.29) is 0 Å². The van der Waals surface area contributed by atoms with Crippen LogP contribution in [0, 0.1) is 0 Å². The molecule has 0 atom stereocenters. The molecule has 0 bridgehead atoms. The van der Waals surface area contributed by atoms with Crippen molar-refractivity contribution in [2.45, 2.75) is 13.1 Å². The number of nitrogens with zero attached hydrogens (tertiary/aromatic N) is 3. The van der Waals surface area contributed by atoms with Crippen LogP contribution in [0.5, 0.6) is 0 Å². The number of imidazole rings is 2. The van der Waals surface area contributed by atoms with E-state index >= 15 is 0 Å². The largest absolute Gasteiger partial charge is 0.347 e. The van der Waals surface area contributed by atoms with Crippen molar-refractivity contribution in [1.82, 2.24) is 24.8 Å². The van der Waals surface area contributed by atoms with Gasteiger partial charge in [0.25, 0.3) is 0 Å². The van der Waals surface area contributed by atoms with Crippen molar-refractivity contribution in [2.75, 3.05) is 0 Å². The van der Waals surface area contributed by atoms with Gasteiger partial charge in [-0.15, -0.1) is 0 Å². The quantitative estimate of drug-likeness (QED) is 0.737. The van der Waals surface area contributed by atoms with E-state index in [1.54, 1.807) is 12.7 Å². The number of aryl methyl sites for hydroxylation is 1. The number of hydrogen-bond acceptors (Lipinski definition) is 3. The van der Waals surface area contributed by atoms with Crippen LogP contribution in [0.15, 0.2) is 25.0 Å². The Kier molecular flexibility index (Phi) is 2.60. The van der Waals surface area contributed by atoms with Gasteiger partial charge in [0.2, 0.25) is 0 Å². The number of hydrogen-bond donors (Lipinski definition) is 2. The van der Waals surface area contributed by atoms with Crippen LogP contribution in [0.2, 0.25) is 0 Å². The smallest absolute Gasteiger partial charge is 0.0945 e. The van der Waals surface area contributed by atoms with Crippen molar-refractivity contribution < 1.29 is 0 Å². The molecule has 5 nitrogen and oxygen atoms in total. The molecule has 14 heavy (non-hydrogen) atoms. The third kappa shape index (κ3) is 2.00. The van der Waals surface area contributed by atoms with Crippen molar-refractivity contribution >= 4 is 0 Å². The van der Waals surface area contributed by atoms with Gasteiger partial charge in [0.05, 0.1) is 18.3 Å². The molecule has 2 rings (SSSR count). The summed E-state index contributed by atoms with van der Waals surface area (Å²) >= 11 is 0. The highest BCUT2D eigenvalue weighted by molar-refractivity contribution is 4.98. The molecule has 0 aliphatic rings. The van der Waals surface area contributed by atoms with E-state index < -0.39 is 0 Å². The maximum Gasteiger partial charge on any atom is 0.0945 e. The zero-order chi connectivity index (χ0) is 9.80. The van der Waals surface area contributed by atoms with Crippen LogP contribution in [0.1, 0.15) is 11.4 Å². The lowest BCUT2D eigenvalue weighted by molar-refractivity contribution is 0.647. The van der Waals surface area contributed by atoms with E-state index in [0.717, 1.165) is 18.8 Å². The number of aromatic amines is 1. The Morgan fingerprint density at radius 1 is 1.36 bits per heavy atom. The first-order valence-corrected chi connectivity index (χ1v) is 4.49. The van der Waals surface area contributed by atoms with Crippen molar-refractivity contribution in [3.8, 4) is 0 Å². The van der Waals surface area contributed by atoms with Crippen molar-refractivity contribution in [2.24, 2.45) is 7.05 Å². The van der Waals surface area contributed by atoms with Crippen molar-refractivity contribution in [3.63, 3.8) is 0 Å². The van der Waals surface area contributed by atoms with Crippen LogP contribution in [-0.4, -0.2) is 19.5 Å². The Morgan fingerprint density at radius 3 is 2.93 bits per heavy atom. The summed E-state index contributed by atoms with van der Waals surface area (Å²) in [5, 5.41) is 3.30. The van der Waals surface area contributed by atoms with Gasteiger partial charge in [-0.1, -0.05) is 0 Å². The maximum atomic E-state index is 4.04. The number of nitrogens with one attached hydrogen (secondary N) is 2. The predicted octanol–water partition coefficient (Wildman–Crippen LogP) is 0.433. The standard InChI is InChI=1S/C9H13N5/c1-14-7-12-5-9(14)4-10-2-8-3-11-6-13-8/h3,5-7,10H,2,4H2,1H3,(H,11,13). The Bertz CT molecular complexity index is 376. The molecule has 0 aliphatic heterocycles. The van der Waals surface area contributed by atoms with E-state index in [1.165, 1.54) is 5.69 Å². The molecule has 0 radical (unpaired) electrons. The van der Waals surface area contributed by atoms with Crippen molar-refractivity contribution in [1.29, 1.82) is 0 Å². The highest BCUT2D eigenvalue weighted by Gasteiger charge is 1.97. The fourth-order valence-electron chi connectivity index (χ4n) is 1.26. The van der Waals surface area contributed by atoms with Gasteiger partial charge >= 0.3 is 0 Å². The van der Waals surface area contributed by atoms with E-state index in [0.29, 0.717) is 0 Å². The number of H-pyrrole nitrogens is 1. The Hall–Kier alpha value is -1.62. The highest BCUT2D eigenvalue weighted by Crippen LogP contribution is 1.96. The van der Waals surface area contributed by atoms with Gasteiger partial charge in [0.15, 0.2) is 0 Å². The first kappa shape index (κ1) is 8.96. The monoisotopic (exact) mass is 191 g/mol. The van der Waals surface area contributed by atoms with E-state index in [4.69, 9.17) is 0 Å². The average Bonchev–Trinajstić information content (AvgIpc) is 2.78. The third-order valence-electron chi connectivity index (χ3n) is 2.09. The molecule has 0 aliphatic carbocycles. The molecular formula is C9H13N5. The lowest BCUT2D eigenvalue weighted by atomic mass is 10.4. The SMILES string of the molecule is Cn1cncc1CNCc1cnc[nH]1. The van der Waals surface area contributed by atoms with E-state index in [2.05, 4.69) is 20.3 Å². The maximum absolute atomic E-state index is 4.04. The molecule has 5 heteroatoms. The minimum absolute atomic E-state index is 0.797. The van der Waals surface area contributed by atoms with E-state index in [1.807, 2.05) is 24.0 Å². The molecule has 2 N–H and O–H groups in total. The molecule has 0 saturated heterocycles. The Balaban J connectivity index is 1.81. The highest BCUT2D eigenvalue weighted by atomic mass is 15.0. The molecule has 0 spiro atoms. The molecular weight excluding hydrogens is 178 g/mol. The third-order valence-corrected chi connectivity index (χ3v) is 2.09. The lowest BCUT2D eigenvalue weighted by Crippen LogP contribution is -2.14. The van der Waals surface area contributed by atoms with Gasteiger partial charge in [-0.05, 0) is 0 Å². The zero-order valence-electron chi connectivity index (χ0n) is 8.07. The van der Waals surface area contributed by atoms with Gasteiger partial charge in [0, 0.05) is 38.2 Å². The van der Waals surface area contributed by atoms with Gasteiger partial charge in [-0.2, -0.15) is 0 Å². The first-order chi connectivity index (χ1) is 6.86. The second kappa shape index (κ2) is 4.06. The number of aromatic nitrogens is 4. The summed E-state index contributed by atoms with van der Waals surface area (Å²) in [6.07, 6.45) is 7.16. The summed E-state index contributed by atoms with van der Waals surface area (Å²) in [5.41, 5.74) is 2.26. The van der Waals surface area contributed by atoms with Gasteiger partial charge in [0.1, 0.15) is 0 Å². The lowest BCUT2D eigenvalue weighted by Gasteiger charge is -2.03. The van der Waals surface area contributed by atoms with Crippen LogP contribution in [0.4, 0.5) is 0 Å². The second-order valence-corrected chi connectivity index (χ2v) is 3.18. The number of rotatable bonds is 4. The average molecular weight is 191 g/mol. The Labute approximate surface area is 82.2 Å². The predicted molar refractivity (Wildman–Crippen MR) is 52.3 cm³/mol. The fraction of sp³-hybridized carbons (Fsp3) is 0.333. The first-order valence-electron chi connectivity index (χ1n) is 4.49. The molecule has 2 aromatic rings. The second-order valence-electron chi connectivity index (χ2n) is 3.18. The van der Waals surface area contributed by atoms with Crippen LogP contribution in [0.3, 0.4) is 0 Å². The zero-order valence-corrected chi connectivity index (χ0v) is 8.07. The van der Waals surface area contributed by atoms with Crippen LogP contribution in [-0.2, 0) is 20.1 Å². The molecule has 0 unspecified atom stereocenters. The molecule has 0 saturated carbocycles. The van der Waals surface area contributed by atoms with Gasteiger partial charge in [-0.3, -0.25) is 0 Å². The van der Waals surface area contributed by atoms with Crippen LogP contribution >= 0.6 is 0 Å². The van der Waals surface area contributed by atoms with Crippen LogP contribution < -0.4 is 5.32 Å². The molecule has 0 amide bonds. The summed E-state index contributed by atoms with van der Waals surface area (Å²) in [7, 11) is 1.99.